The molecule has 0 spiro atoms. The third kappa shape index (κ3) is 5.87. The van der Waals surface area contributed by atoms with Gasteiger partial charge in [0.1, 0.15) is 12.2 Å². The van der Waals surface area contributed by atoms with E-state index in [0.717, 1.165) is 43.3 Å². The van der Waals surface area contributed by atoms with Crippen molar-refractivity contribution >= 4 is 5.97 Å². The number of hydrogen-bond acceptors (Lipinski definition) is 5. The van der Waals surface area contributed by atoms with Crippen LogP contribution in [-0.4, -0.2) is 46.7 Å². The van der Waals surface area contributed by atoms with Gasteiger partial charge in [-0.3, -0.25) is 0 Å². The zero-order valence-corrected chi connectivity index (χ0v) is 21.0. The lowest BCUT2D eigenvalue weighted by atomic mass is 9.63. The number of esters is 1. The van der Waals surface area contributed by atoms with Gasteiger partial charge in [-0.1, -0.05) is 44.2 Å². The van der Waals surface area contributed by atoms with Crippen LogP contribution < -0.4 is 0 Å². The number of rotatable bonds is 7. The zero-order chi connectivity index (χ0) is 24.4. The minimum Gasteiger partial charge on any atom is -0.458 e. The number of carbonyl (C=O) groups excluding carboxylic acids is 1. The second-order valence-corrected chi connectivity index (χ2v) is 10.8. The Balaban J connectivity index is 1.67. The molecule has 0 aliphatic heterocycles. The largest absolute Gasteiger partial charge is 0.458 e. The third-order valence-electron chi connectivity index (χ3n) is 8.01. The molecule has 0 bridgehead atoms. The van der Waals surface area contributed by atoms with Crippen LogP contribution in [-0.2, 0) is 14.3 Å². The Morgan fingerprint density at radius 3 is 2.79 bits per heavy atom. The maximum Gasteiger partial charge on any atom is 0.332 e. The van der Waals surface area contributed by atoms with E-state index >= 15 is 0 Å². The van der Waals surface area contributed by atoms with Crippen LogP contribution in [0.25, 0.3) is 0 Å². The highest BCUT2D eigenvalue weighted by Crippen LogP contribution is 2.55. The van der Waals surface area contributed by atoms with Crippen molar-refractivity contribution in [3.8, 4) is 0 Å². The van der Waals surface area contributed by atoms with Gasteiger partial charge in [-0.25, -0.2) is 4.79 Å². The van der Waals surface area contributed by atoms with E-state index < -0.39 is 17.8 Å². The van der Waals surface area contributed by atoms with Crippen molar-refractivity contribution in [2.45, 2.75) is 103 Å². The van der Waals surface area contributed by atoms with Gasteiger partial charge >= 0.3 is 5.97 Å². The third-order valence-corrected chi connectivity index (χ3v) is 8.01. The van der Waals surface area contributed by atoms with Crippen molar-refractivity contribution in [1.82, 2.24) is 0 Å². The summed E-state index contributed by atoms with van der Waals surface area (Å²) in [6.07, 6.45) is 11.1. The van der Waals surface area contributed by atoms with Crippen LogP contribution in [0.5, 0.6) is 0 Å². The molecule has 1 unspecified atom stereocenters. The van der Waals surface area contributed by atoms with Crippen molar-refractivity contribution in [2.75, 3.05) is 6.61 Å². The normalized spacial score (nSPS) is 33.7. The molecule has 184 valence electrons. The number of fused-ring (bicyclic) bond motifs is 1. The summed E-state index contributed by atoms with van der Waals surface area (Å²) < 4.78 is 11.5. The van der Waals surface area contributed by atoms with Crippen LogP contribution in [0.4, 0.5) is 0 Å². The molecule has 0 heterocycles. The minimum atomic E-state index is -0.664. The Hall–Kier alpha value is -1.69. The smallest absolute Gasteiger partial charge is 0.332 e. The molecule has 0 aromatic heterocycles. The first-order valence-electron chi connectivity index (χ1n) is 12.5. The lowest BCUT2D eigenvalue weighted by Gasteiger charge is -2.42. The molecular weight excluding hydrogens is 416 g/mol. The molecule has 0 aromatic rings. The van der Waals surface area contributed by atoms with Gasteiger partial charge in [0.25, 0.3) is 0 Å². The predicted molar refractivity (Wildman–Crippen MR) is 131 cm³/mol. The molecule has 3 rings (SSSR count). The molecule has 5 heteroatoms. The Morgan fingerprint density at radius 1 is 1.36 bits per heavy atom. The van der Waals surface area contributed by atoms with Crippen LogP contribution in [0.1, 0.15) is 79.6 Å². The molecule has 0 radical (unpaired) electrons. The summed E-state index contributed by atoms with van der Waals surface area (Å²) in [5.74, 6) is 0.0868. The molecule has 2 N–H and O–H groups in total. The number of allylic oxidation sites excluding steroid dienone is 4. The quantitative estimate of drug-likeness (QED) is 0.406. The molecule has 0 saturated heterocycles. The monoisotopic (exact) mass is 458 g/mol. The first-order chi connectivity index (χ1) is 15.5. The van der Waals surface area contributed by atoms with Gasteiger partial charge in [0, 0.05) is 6.42 Å². The molecular formula is C28H42O5. The molecule has 2 saturated carbocycles. The summed E-state index contributed by atoms with van der Waals surface area (Å²) in [7, 11) is 0. The van der Waals surface area contributed by atoms with Gasteiger partial charge in [0.05, 0.1) is 18.3 Å². The fourth-order valence-electron chi connectivity index (χ4n) is 5.64. The average Bonchev–Trinajstić information content (AvgIpc) is 3.10. The summed E-state index contributed by atoms with van der Waals surface area (Å²) in [5.41, 5.74) is 3.89. The lowest BCUT2D eigenvalue weighted by Crippen LogP contribution is -2.35. The summed E-state index contributed by atoms with van der Waals surface area (Å²) in [5, 5.41) is 20.2. The van der Waals surface area contributed by atoms with Crippen molar-refractivity contribution < 1.29 is 24.5 Å². The SMILES string of the molecule is C=C1/C(=C\C=C2/CCC[C@]3(C)C(C(C)OCC(=O)OC(C)(C)CC)=CC[C@@H]23)C[C@@H](O)C[C@@H]1O. The lowest BCUT2D eigenvalue weighted by molar-refractivity contribution is -0.163. The predicted octanol–water partition coefficient (Wildman–Crippen LogP) is 5.18. The van der Waals surface area contributed by atoms with Crippen LogP contribution in [0, 0.1) is 11.3 Å². The first kappa shape index (κ1) is 25.9. The van der Waals surface area contributed by atoms with Crippen LogP contribution >= 0.6 is 0 Å². The maximum atomic E-state index is 12.2. The van der Waals surface area contributed by atoms with E-state index in [4.69, 9.17) is 9.47 Å². The van der Waals surface area contributed by atoms with Crippen molar-refractivity contribution in [3.63, 3.8) is 0 Å². The van der Waals surface area contributed by atoms with Gasteiger partial charge < -0.3 is 19.7 Å². The van der Waals surface area contributed by atoms with Gasteiger partial charge in [0.15, 0.2) is 0 Å². The molecule has 3 aliphatic rings. The van der Waals surface area contributed by atoms with Crippen LogP contribution in [0.15, 0.2) is 47.1 Å². The van der Waals surface area contributed by atoms with Gasteiger partial charge in [-0.15, -0.1) is 0 Å². The molecule has 33 heavy (non-hydrogen) atoms. The Morgan fingerprint density at radius 2 is 2.09 bits per heavy atom. The molecule has 2 fully saturated rings. The first-order valence-corrected chi connectivity index (χ1v) is 12.5. The number of ether oxygens (including phenoxy) is 2. The van der Waals surface area contributed by atoms with Crippen molar-refractivity contribution in [1.29, 1.82) is 0 Å². The van der Waals surface area contributed by atoms with Gasteiger partial charge in [-0.05, 0) is 87.3 Å². The summed E-state index contributed by atoms with van der Waals surface area (Å²) in [6.45, 7) is 14.2. The highest BCUT2D eigenvalue weighted by atomic mass is 16.6. The van der Waals surface area contributed by atoms with E-state index in [-0.39, 0.29) is 24.1 Å². The minimum absolute atomic E-state index is 0.0111. The summed E-state index contributed by atoms with van der Waals surface area (Å²) in [6, 6.07) is 0. The number of carbonyl (C=O) groups is 1. The van der Waals surface area contributed by atoms with E-state index in [2.05, 4.69) is 31.7 Å². The van der Waals surface area contributed by atoms with Gasteiger partial charge in [0.2, 0.25) is 0 Å². The van der Waals surface area contributed by atoms with Gasteiger partial charge in [-0.2, -0.15) is 0 Å². The van der Waals surface area contributed by atoms with Crippen LogP contribution in [0.2, 0.25) is 0 Å². The second kappa shape index (κ2) is 10.3. The van der Waals surface area contributed by atoms with E-state index in [1.54, 1.807) is 0 Å². The number of hydrogen-bond donors (Lipinski definition) is 2. The van der Waals surface area contributed by atoms with E-state index in [9.17, 15) is 15.0 Å². The maximum absolute atomic E-state index is 12.2. The molecule has 0 aromatic carbocycles. The van der Waals surface area contributed by atoms with E-state index in [1.807, 2.05) is 27.7 Å². The second-order valence-electron chi connectivity index (χ2n) is 10.8. The number of aliphatic hydroxyl groups is 2. The van der Waals surface area contributed by atoms with E-state index in [0.29, 0.717) is 18.8 Å². The standard InChI is InChI=1S/C28H42O5/c1-7-27(4,5)33-26(31)17-32-19(3)23-12-13-24-20(9-8-14-28(23,24)6)10-11-21-15-22(29)16-25(30)18(21)2/h10-12,19,22,24-25,29-30H,2,7-9,13-17H2,1,3-6H3/b20-10+,21-11-/t19?,22-,24+,25+,28-/m1/s1. The Bertz CT molecular complexity index is 848. The average molecular weight is 459 g/mol. The highest BCUT2D eigenvalue weighted by molar-refractivity contribution is 5.71. The topological polar surface area (TPSA) is 76.0 Å². The van der Waals surface area contributed by atoms with E-state index in [1.165, 1.54) is 11.1 Å². The molecule has 5 nitrogen and oxygen atoms in total. The molecule has 0 amide bonds. The van der Waals surface area contributed by atoms with Crippen molar-refractivity contribution in [3.05, 3.63) is 47.1 Å². The highest BCUT2D eigenvalue weighted by Gasteiger charge is 2.46. The summed E-state index contributed by atoms with van der Waals surface area (Å²) >= 11 is 0. The molecule has 5 atom stereocenters. The summed E-state index contributed by atoms with van der Waals surface area (Å²) in [4.78, 5) is 12.2. The Labute approximate surface area is 199 Å². The Kier molecular flexibility index (Phi) is 8.08. The number of aliphatic hydroxyl groups excluding tert-OH is 2. The zero-order valence-electron chi connectivity index (χ0n) is 21.0. The molecule has 3 aliphatic carbocycles. The fourth-order valence-corrected chi connectivity index (χ4v) is 5.64. The van der Waals surface area contributed by atoms with Crippen LogP contribution in [0.3, 0.4) is 0 Å². The fraction of sp³-hybridized carbons (Fsp3) is 0.679. The van der Waals surface area contributed by atoms with Crippen molar-refractivity contribution in [2.24, 2.45) is 11.3 Å².